The molecule has 0 aliphatic carbocycles. The summed E-state index contributed by atoms with van der Waals surface area (Å²) in [7, 11) is 1.87. The van der Waals surface area contributed by atoms with Gasteiger partial charge in [-0.25, -0.2) is 0 Å². The lowest BCUT2D eigenvalue weighted by molar-refractivity contribution is 0.0930. The summed E-state index contributed by atoms with van der Waals surface area (Å²) in [6.07, 6.45) is 1.76. The quantitative estimate of drug-likeness (QED) is 0.804. The first-order valence-electron chi connectivity index (χ1n) is 7.37. The van der Waals surface area contributed by atoms with E-state index < -0.39 is 0 Å². The highest BCUT2D eigenvalue weighted by molar-refractivity contribution is 5.93. The van der Waals surface area contributed by atoms with E-state index in [2.05, 4.69) is 15.6 Å². The molecule has 2 aromatic heterocycles. The van der Waals surface area contributed by atoms with Gasteiger partial charge in [-0.2, -0.15) is 5.10 Å². The fourth-order valence-electron chi connectivity index (χ4n) is 2.41. The minimum atomic E-state index is -0.272. The second-order valence-corrected chi connectivity index (χ2v) is 5.45. The third-order valence-corrected chi connectivity index (χ3v) is 3.89. The van der Waals surface area contributed by atoms with Gasteiger partial charge in [-0.1, -0.05) is 35.5 Å². The van der Waals surface area contributed by atoms with Crippen LogP contribution in [0.4, 0.5) is 0 Å². The molecule has 2 heterocycles. The van der Waals surface area contributed by atoms with Crippen LogP contribution in [0, 0.1) is 6.92 Å². The molecule has 0 spiro atoms. The highest BCUT2D eigenvalue weighted by Crippen LogP contribution is 2.21. The van der Waals surface area contributed by atoms with E-state index in [0.717, 1.165) is 16.8 Å². The zero-order chi connectivity index (χ0) is 16.4. The molecule has 0 aliphatic heterocycles. The Balaban J connectivity index is 1.74. The summed E-state index contributed by atoms with van der Waals surface area (Å²) < 4.78 is 7.04. The van der Waals surface area contributed by atoms with E-state index in [4.69, 9.17) is 4.52 Å². The van der Waals surface area contributed by atoms with Gasteiger partial charge in [0.1, 0.15) is 0 Å². The van der Waals surface area contributed by atoms with E-state index >= 15 is 0 Å². The summed E-state index contributed by atoms with van der Waals surface area (Å²) in [6.45, 7) is 3.88. The normalized spacial score (nSPS) is 12.1. The average Bonchev–Trinajstić information content (AvgIpc) is 3.16. The summed E-state index contributed by atoms with van der Waals surface area (Å²) in [5.41, 5.74) is 3.14. The van der Waals surface area contributed by atoms with Gasteiger partial charge in [-0.3, -0.25) is 9.48 Å². The third kappa shape index (κ3) is 3.01. The van der Waals surface area contributed by atoms with E-state index in [1.807, 2.05) is 51.2 Å². The molecule has 0 radical (unpaired) electrons. The molecule has 3 aromatic rings. The fraction of sp³-hybridized carbons (Fsp3) is 0.235. The van der Waals surface area contributed by atoms with Crippen LogP contribution in [0.15, 0.2) is 47.1 Å². The van der Waals surface area contributed by atoms with Crippen LogP contribution in [0.2, 0.25) is 0 Å². The number of nitrogens with one attached hydrogen (secondary N) is 1. The molecule has 1 aromatic carbocycles. The van der Waals surface area contributed by atoms with Crippen molar-refractivity contribution in [2.75, 3.05) is 0 Å². The van der Waals surface area contributed by atoms with Crippen LogP contribution in [0.3, 0.4) is 0 Å². The van der Waals surface area contributed by atoms with Gasteiger partial charge in [-0.05, 0) is 13.8 Å². The molecule has 0 bridgehead atoms. The second-order valence-electron chi connectivity index (χ2n) is 5.45. The minimum Gasteiger partial charge on any atom is -0.355 e. The zero-order valence-electron chi connectivity index (χ0n) is 13.3. The Hall–Kier alpha value is -2.89. The van der Waals surface area contributed by atoms with Crippen LogP contribution in [-0.2, 0) is 7.05 Å². The lowest BCUT2D eigenvalue weighted by Crippen LogP contribution is -2.27. The molecular weight excluding hydrogens is 292 g/mol. The van der Waals surface area contributed by atoms with Crippen molar-refractivity contribution in [1.82, 2.24) is 20.3 Å². The summed E-state index contributed by atoms with van der Waals surface area (Å²) in [5.74, 6) is 0.299. The minimum absolute atomic E-state index is 0.159. The summed E-state index contributed by atoms with van der Waals surface area (Å²) in [4.78, 5) is 12.3. The Labute approximate surface area is 134 Å². The molecule has 118 valence electrons. The Kier molecular flexibility index (Phi) is 3.97. The maximum absolute atomic E-state index is 12.3. The fourth-order valence-corrected chi connectivity index (χ4v) is 2.41. The van der Waals surface area contributed by atoms with Gasteiger partial charge in [0, 0.05) is 29.9 Å². The first-order chi connectivity index (χ1) is 11.1. The predicted molar refractivity (Wildman–Crippen MR) is 85.8 cm³/mol. The second kappa shape index (κ2) is 6.08. The number of aromatic nitrogens is 3. The van der Waals surface area contributed by atoms with Gasteiger partial charge in [0.05, 0.1) is 12.2 Å². The summed E-state index contributed by atoms with van der Waals surface area (Å²) in [5, 5.41) is 11.0. The van der Waals surface area contributed by atoms with Crippen molar-refractivity contribution in [2.24, 2.45) is 7.05 Å². The smallest absolute Gasteiger partial charge is 0.273 e. The number of hydrogen-bond donors (Lipinski definition) is 1. The largest absolute Gasteiger partial charge is 0.355 e. The Bertz CT molecular complexity index is 820. The number of rotatable bonds is 4. The molecule has 0 aliphatic rings. The van der Waals surface area contributed by atoms with Gasteiger partial charge in [0.25, 0.3) is 5.91 Å². The molecule has 1 N–H and O–H groups in total. The first-order valence-corrected chi connectivity index (χ1v) is 7.37. The number of benzene rings is 1. The van der Waals surface area contributed by atoms with Crippen LogP contribution in [0.1, 0.15) is 34.7 Å². The molecule has 23 heavy (non-hydrogen) atoms. The van der Waals surface area contributed by atoms with Gasteiger partial charge in [0.15, 0.2) is 11.5 Å². The van der Waals surface area contributed by atoms with Crippen molar-refractivity contribution in [2.45, 2.75) is 19.9 Å². The van der Waals surface area contributed by atoms with Crippen LogP contribution in [0.5, 0.6) is 0 Å². The van der Waals surface area contributed by atoms with Crippen LogP contribution < -0.4 is 5.32 Å². The number of carbonyl (C=O) groups excluding carboxylic acids is 1. The molecule has 0 fully saturated rings. The highest BCUT2D eigenvalue weighted by Gasteiger charge is 2.18. The standard InChI is InChI=1S/C17H18N4O2/c1-11(14-10-18-21(3)12(14)2)19-17(22)15-9-16(23-20-15)13-7-5-4-6-8-13/h4-11H,1-3H3,(H,19,22). The number of nitrogens with zero attached hydrogens (tertiary/aromatic N) is 3. The van der Waals surface area contributed by atoms with E-state index in [1.54, 1.807) is 16.9 Å². The molecular formula is C17H18N4O2. The Morgan fingerprint density at radius 2 is 2.04 bits per heavy atom. The molecule has 0 saturated heterocycles. The predicted octanol–water partition coefficient (Wildman–Crippen LogP) is 2.87. The zero-order valence-corrected chi connectivity index (χ0v) is 13.3. The maximum Gasteiger partial charge on any atom is 0.273 e. The van der Waals surface area contributed by atoms with Gasteiger partial charge in [0.2, 0.25) is 0 Å². The number of aryl methyl sites for hydroxylation is 1. The first kappa shape index (κ1) is 15.0. The van der Waals surface area contributed by atoms with Crippen molar-refractivity contribution in [3.63, 3.8) is 0 Å². The molecule has 1 unspecified atom stereocenters. The van der Waals surface area contributed by atoms with Gasteiger partial charge in [-0.15, -0.1) is 0 Å². The number of carbonyl (C=O) groups is 1. The summed E-state index contributed by atoms with van der Waals surface area (Å²) >= 11 is 0. The van der Waals surface area contributed by atoms with Crippen molar-refractivity contribution in [1.29, 1.82) is 0 Å². The molecule has 3 rings (SSSR count). The monoisotopic (exact) mass is 310 g/mol. The van der Waals surface area contributed by atoms with Gasteiger partial charge < -0.3 is 9.84 Å². The van der Waals surface area contributed by atoms with Crippen molar-refractivity contribution in [3.05, 3.63) is 59.5 Å². The number of amides is 1. The molecule has 6 nitrogen and oxygen atoms in total. The van der Waals surface area contributed by atoms with Crippen LogP contribution >= 0.6 is 0 Å². The highest BCUT2D eigenvalue weighted by atomic mass is 16.5. The summed E-state index contributed by atoms with van der Waals surface area (Å²) in [6, 6.07) is 11.0. The Morgan fingerprint density at radius 1 is 1.30 bits per heavy atom. The Morgan fingerprint density at radius 3 is 2.70 bits per heavy atom. The molecule has 1 amide bonds. The van der Waals surface area contributed by atoms with Gasteiger partial charge >= 0.3 is 0 Å². The SMILES string of the molecule is Cc1c(C(C)NC(=O)c2cc(-c3ccccc3)on2)cnn1C. The lowest BCUT2D eigenvalue weighted by atomic mass is 10.1. The molecule has 1 atom stereocenters. The molecule has 0 saturated carbocycles. The molecule has 6 heteroatoms. The van der Waals surface area contributed by atoms with Crippen molar-refractivity contribution in [3.8, 4) is 11.3 Å². The van der Waals surface area contributed by atoms with E-state index in [-0.39, 0.29) is 17.6 Å². The van der Waals surface area contributed by atoms with Crippen molar-refractivity contribution < 1.29 is 9.32 Å². The van der Waals surface area contributed by atoms with E-state index in [1.165, 1.54) is 0 Å². The van der Waals surface area contributed by atoms with E-state index in [9.17, 15) is 4.79 Å². The number of hydrogen-bond acceptors (Lipinski definition) is 4. The van der Waals surface area contributed by atoms with Crippen LogP contribution in [0.25, 0.3) is 11.3 Å². The topological polar surface area (TPSA) is 73.0 Å². The van der Waals surface area contributed by atoms with E-state index in [0.29, 0.717) is 5.76 Å². The van der Waals surface area contributed by atoms with Crippen LogP contribution in [-0.4, -0.2) is 20.8 Å². The maximum atomic E-state index is 12.3. The van der Waals surface area contributed by atoms with Crippen molar-refractivity contribution >= 4 is 5.91 Å². The average molecular weight is 310 g/mol. The third-order valence-electron chi connectivity index (χ3n) is 3.89. The lowest BCUT2D eigenvalue weighted by Gasteiger charge is -2.12.